The first kappa shape index (κ1) is 18.7. The van der Waals surface area contributed by atoms with Crippen molar-refractivity contribution < 1.29 is 5.11 Å². The molecule has 2 heteroatoms. The molecule has 134 valence electrons. The second-order valence-corrected chi connectivity index (χ2v) is 9.45. The molecule has 0 fully saturated rings. The molecular weight excluding hydrogens is 335 g/mol. The lowest BCUT2D eigenvalue weighted by Crippen LogP contribution is -2.25. The number of aryl methyl sites for hydroxylation is 4. The van der Waals surface area contributed by atoms with Gasteiger partial charge in [-0.05, 0) is 99.8 Å². The number of rotatable bonds is 3. The van der Waals surface area contributed by atoms with E-state index in [1.165, 1.54) is 49.3 Å². The molecule has 0 saturated carbocycles. The quantitative estimate of drug-likeness (QED) is 0.650. The van der Waals surface area contributed by atoms with Gasteiger partial charge in [-0.25, -0.2) is 0 Å². The molecular formula is C24H27OP. The van der Waals surface area contributed by atoms with Crippen molar-refractivity contribution in [2.45, 2.75) is 41.5 Å². The van der Waals surface area contributed by atoms with Crippen molar-refractivity contribution in [3.05, 3.63) is 81.9 Å². The highest BCUT2D eigenvalue weighted by Crippen LogP contribution is 2.37. The molecule has 3 rings (SSSR count). The first-order valence-corrected chi connectivity index (χ1v) is 10.4. The van der Waals surface area contributed by atoms with E-state index in [4.69, 9.17) is 0 Å². The van der Waals surface area contributed by atoms with E-state index in [2.05, 4.69) is 77.9 Å². The van der Waals surface area contributed by atoms with Crippen molar-refractivity contribution in [2.24, 2.45) is 0 Å². The normalized spacial score (nSPS) is 11.2. The third kappa shape index (κ3) is 3.55. The summed E-state index contributed by atoms with van der Waals surface area (Å²) in [4.78, 5) is 0. The monoisotopic (exact) mass is 362 g/mol. The van der Waals surface area contributed by atoms with Gasteiger partial charge in [0.25, 0.3) is 0 Å². The highest BCUT2D eigenvalue weighted by atomic mass is 31.1. The minimum absolute atomic E-state index is 0.318. The average molecular weight is 362 g/mol. The van der Waals surface area contributed by atoms with Crippen LogP contribution >= 0.6 is 7.92 Å². The van der Waals surface area contributed by atoms with E-state index in [-0.39, 0.29) is 0 Å². The highest BCUT2D eigenvalue weighted by Gasteiger charge is 2.22. The van der Waals surface area contributed by atoms with Gasteiger partial charge < -0.3 is 5.11 Å². The van der Waals surface area contributed by atoms with Crippen LogP contribution in [0, 0.1) is 41.5 Å². The molecule has 1 nitrogen and oxygen atoms in total. The van der Waals surface area contributed by atoms with E-state index in [1.54, 1.807) is 12.1 Å². The minimum atomic E-state index is -0.676. The molecule has 0 aliphatic heterocycles. The topological polar surface area (TPSA) is 20.2 Å². The van der Waals surface area contributed by atoms with Crippen LogP contribution in [0.5, 0.6) is 5.75 Å². The Morgan fingerprint density at radius 3 is 1.46 bits per heavy atom. The minimum Gasteiger partial charge on any atom is -0.508 e. The maximum atomic E-state index is 9.77. The highest BCUT2D eigenvalue weighted by molar-refractivity contribution is 7.80. The Hall–Kier alpha value is -2.11. The molecule has 0 aliphatic rings. The van der Waals surface area contributed by atoms with E-state index < -0.39 is 7.92 Å². The summed E-state index contributed by atoms with van der Waals surface area (Å²) < 4.78 is 0. The predicted molar refractivity (Wildman–Crippen MR) is 115 cm³/mol. The Bertz CT molecular complexity index is 897. The Morgan fingerprint density at radius 2 is 1.04 bits per heavy atom. The standard InChI is InChI=1S/C24H27OP/c1-15-11-17(3)19(5)23(13-15)26(22-9-7-21(25)8-10-22)24-14-16(2)12-18(4)20(24)6/h7-14,25H,1-6H3. The smallest absolute Gasteiger partial charge is 0.115 e. The summed E-state index contributed by atoms with van der Waals surface area (Å²) >= 11 is 0. The van der Waals surface area contributed by atoms with E-state index in [0.717, 1.165) is 0 Å². The first-order valence-electron chi connectivity index (χ1n) is 9.03. The first-order chi connectivity index (χ1) is 12.3. The molecule has 0 aromatic heterocycles. The van der Waals surface area contributed by atoms with Gasteiger partial charge in [0, 0.05) is 0 Å². The fourth-order valence-corrected chi connectivity index (χ4v) is 6.46. The fraction of sp³-hybridized carbons (Fsp3) is 0.250. The molecule has 0 aliphatic carbocycles. The summed E-state index contributed by atoms with van der Waals surface area (Å²) in [5.74, 6) is 0.318. The van der Waals surface area contributed by atoms with Crippen molar-refractivity contribution in [1.82, 2.24) is 0 Å². The number of phenolic OH excluding ortho intramolecular Hbond substituents is 1. The zero-order valence-corrected chi connectivity index (χ0v) is 17.4. The molecule has 0 amide bonds. The van der Waals surface area contributed by atoms with Crippen LogP contribution in [0.25, 0.3) is 0 Å². The number of phenols is 1. The number of aromatic hydroxyl groups is 1. The van der Waals surface area contributed by atoms with Crippen LogP contribution in [-0.2, 0) is 0 Å². The van der Waals surface area contributed by atoms with Gasteiger partial charge in [-0.15, -0.1) is 0 Å². The van der Waals surface area contributed by atoms with Gasteiger partial charge in [0.1, 0.15) is 5.75 Å². The summed E-state index contributed by atoms with van der Waals surface area (Å²) in [6.07, 6.45) is 0. The molecule has 26 heavy (non-hydrogen) atoms. The summed E-state index contributed by atoms with van der Waals surface area (Å²) in [7, 11) is -0.676. The van der Waals surface area contributed by atoms with Crippen LogP contribution in [0.15, 0.2) is 48.5 Å². The van der Waals surface area contributed by atoms with Crippen LogP contribution in [0.3, 0.4) is 0 Å². The lowest BCUT2D eigenvalue weighted by atomic mass is 10.1. The average Bonchev–Trinajstić information content (AvgIpc) is 2.58. The van der Waals surface area contributed by atoms with Gasteiger partial charge in [-0.2, -0.15) is 0 Å². The summed E-state index contributed by atoms with van der Waals surface area (Å²) in [6, 6.07) is 17.0. The van der Waals surface area contributed by atoms with Crippen molar-refractivity contribution >= 4 is 23.8 Å². The SMILES string of the molecule is Cc1cc(C)c(C)c(P(c2ccc(O)cc2)c2cc(C)cc(C)c2C)c1. The van der Waals surface area contributed by atoms with Crippen LogP contribution < -0.4 is 15.9 Å². The Kier molecular flexibility index (Phi) is 5.21. The van der Waals surface area contributed by atoms with Crippen molar-refractivity contribution in [1.29, 1.82) is 0 Å². The number of hydrogen-bond donors (Lipinski definition) is 1. The molecule has 0 saturated heterocycles. The van der Waals surface area contributed by atoms with Gasteiger partial charge >= 0.3 is 0 Å². The van der Waals surface area contributed by atoms with Gasteiger partial charge in [-0.3, -0.25) is 0 Å². The molecule has 3 aromatic carbocycles. The molecule has 0 bridgehead atoms. The molecule has 0 radical (unpaired) electrons. The molecule has 3 aromatic rings. The molecule has 0 atom stereocenters. The molecule has 0 unspecified atom stereocenters. The van der Waals surface area contributed by atoms with Crippen molar-refractivity contribution in [3.63, 3.8) is 0 Å². The summed E-state index contributed by atoms with van der Waals surface area (Å²) in [5.41, 5.74) is 8.02. The molecule has 0 spiro atoms. The lowest BCUT2D eigenvalue weighted by molar-refractivity contribution is 0.475. The van der Waals surface area contributed by atoms with Gasteiger partial charge in [0.05, 0.1) is 0 Å². The third-order valence-corrected chi connectivity index (χ3v) is 7.87. The number of hydrogen-bond acceptors (Lipinski definition) is 1. The van der Waals surface area contributed by atoms with Gasteiger partial charge in [0.15, 0.2) is 0 Å². The maximum Gasteiger partial charge on any atom is 0.115 e. The van der Waals surface area contributed by atoms with Crippen LogP contribution in [0.2, 0.25) is 0 Å². The second kappa shape index (κ2) is 7.25. The Labute approximate surface area is 158 Å². The van der Waals surface area contributed by atoms with E-state index >= 15 is 0 Å². The Balaban J connectivity index is 2.33. The third-order valence-electron chi connectivity index (χ3n) is 5.16. The second-order valence-electron chi connectivity index (χ2n) is 7.30. The van der Waals surface area contributed by atoms with Crippen molar-refractivity contribution in [2.75, 3.05) is 0 Å². The largest absolute Gasteiger partial charge is 0.508 e. The summed E-state index contributed by atoms with van der Waals surface area (Å²) in [6.45, 7) is 13.2. The van der Waals surface area contributed by atoms with Crippen LogP contribution in [-0.4, -0.2) is 5.11 Å². The molecule has 1 N–H and O–H groups in total. The van der Waals surface area contributed by atoms with Gasteiger partial charge in [-0.1, -0.05) is 47.5 Å². The maximum absolute atomic E-state index is 9.77. The predicted octanol–water partition coefficient (Wildman–Crippen LogP) is 5.00. The summed E-state index contributed by atoms with van der Waals surface area (Å²) in [5, 5.41) is 13.9. The molecule has 0 heterocycles. The number of benzene rings is 3. The van der Waals surface area contributed by atoms with Crippen molar-refractivity contribution in [3.8, 4) is 5.75 Å². The Morgan fingerprint density at radius 1 is 0.615 bits per heavy atom. The van der Waals surface area contributed by atoms with E-state index in [1.807, 2.05) is 0 Å². The van der Waals surface area contributed by atoms with Gasteiger partial charge in [0.2, 0.25) is 0 Å². The fourth-order valence-electron chi connectivity index (χ4n) is 3.51. The van der Waals surface area contributed by atoms with Crippen LogP contribution in [0.4, 0.5) is 0 Å². The van der Waals surface area contributed by atoms with E-state index in [0.29, 0.717) is 5.75 Å². The van der Waals surface area contributed by atoms with Crippen LogP contribution in [0.1, 0.15) is 33.4 Å². The zero-order chi connectivity index (χ0) is 19.0. The zero-order valence-electron chi connectivity index (χ0n) is 16.5. The van der Waals surface area contributed by atoms with E-state index in [9.17, 15) is 5.11 Å². The lowest BCUT2D eigenvalue weighted by Gasteiger charge is -2.25.